The highest BCUT2D eigenvalue weighted by molar-refractivity contribution is 7.16. The lowest BCUT2D eigenvalue weighted by molar-refractivity contribution is 0.0953. The summed E-state index contributed by atoms with van der Waals surface area (Å²) in [5, 5.41) is 7.73. The number of nitrogens with one attached hydrogen (secondary N) is 1. The van der Waals surface area contributed by atoms with Crippen LogP contribution in [0.5, 0.6) is 0 Å². The lowest BCUT2D eigenvalue weighted by Gasteiger charge is -2.07. The number of hydrogen-bond acceptors (Lipinski definition) is 6. The number of rotatable bonds is 5. The fourth-order valence-corrected chi connectivity index (χ4v) is 4.14. The average molecular weight is 381 g/mol. The Labute approximate surface area is 158 Å². The SMILES string of the molecule is Cc1nc(-n2cccc2)sc1C(=O)NCc1nccnc1-c1ccsc1. The topological polar surface area (TPSA) is 72.7 Å². The molecule has 0 unspecified atom stereocenters. The van der Waals surface area contributed by atoms with E-state index in [1.165, 1.54) is 11.3 Å². The van der Waals surface area contributed by atoms with E-state index >= 15 is 0 Å². The number of aromatic nitrogens is 4. The lowest BCUT2D eigenvalue weighted by atomic mass is 10.2. The summed E-state index contributed by atoms with van der Waals surface area (Å²) in [4.78, 5) is 26.5. The highest BCUT2D eigenvalue weighted by atomic mass is 32.1. The fraction of sp³-hybridized carbons (Fsp3) is 0.111. The van der Waals surface area contributed by atoms with E-state index in [4.69, 9.17) is 0 Å². The highest BCUT2D eigenvalue weighted by Crippen LogP contribution is 2.24. The van der Waals surface area contributed by atoms with Gasteiger partial charge in [-0.25, -0.2) is 4.98 Å². The molecule has 0 aromatic carbocycles. The molecule has 4 aromatic heterocycles. The zero-order valence-corrected chi connectivity index (χ0v) is 15.5. The summed E-state index contributed by atoms with van der Waals surface area (Å²) in [5.74, 6) is -0.152. The molecule has 0 aliphatic carbocycles. The van der Waals surface area contributed by atoms with Crippen molar-refractivity contribution in [3.8, 4) is 16.4 Å². The van der Waals surface area contributed by atoms with Gasteiger partial charge in [0.1, 0.15) is 4.88 Å². The summed E-state index contributed by atoms with van der Waals surface area (Å²) in [6, 6.07) is 5.85. The van der Waals surface area contributed by atoms with Crippen molar-refractivity contribution in [3.05, 3.63) is 70.0 Å². The van der Waals surface area contributed by atoms with Crippen molar-refractivity contribution in [2.24, 2.45) is 0 Å². The first-order valence-electron chi connectivity index (χ1n) is 7.94. The van der Waals surface area contributed by atoms with Crippen molar-refractivity contribution >= 4 is 28.6 Å². The van der Waals surface area contributed by atoms with Gasteiger partial charge in [-0.2, -0.15) is 11.3 Å². The van der Waals surface area contributed by atoms with Gasteiger partial charge < -0.3 is 9.88 Å². The van der Waals surface area contributed by atoms with Crippen LogP contribution in [0.2, 0.25) is 0 Å². The molecule has 130 valence electrons. The third-order valence-electron chi connectivity index (χ3n) is 3.80. The van der Waals surface area contributed by atoms with Crippen LogP contribution in [0, 0.1) is 6.92 Å². The van der Waals surface area contributed by atoms with Crippen LogP contribution in [-0.4, -0.2) is 25.4 Å². The van der Waals surface area contributed by atoms with Crippen LogP contribution >= 0.6 is 22.7 Å². The van der Waals surface area contributed by atoms with E-state index in [2.05, 4.69) is 20.3 Å². The van der Waals surface area contributed by atoms with E-state index in [0.717, 1.165) is 22.1 Å². The normalized spacial score (nSPS) is 10.8. The molecule has 0 radical (unpaired) electrons. The second-order valence-electron chi connectivity index (χ2n) is 5.55. The summed E-state index contributed by atoms with van der Waals surface area (Å²) < 4.78 is 1.89. The minimum Gasteiger partial charge on any atom is -0.346 e. The van der Waals surface area contributed by atoms with Gasteiger partial charge in [-0.3, -0.25) is 14.8 Å². The molecule has 1 N–H and O–H groups in total. The maximum Gasteiger partial charge on any atom is 0.263 e. The summed E-state index contributed by atoms with van der Waals surface area (Å²) in [7, 11) is 0. The molecule has 1 amide bonds. The number of thiophene rings is 1. The molecule has 0 saturated heterocycles. The minimum atomic E-state index is -0.152. The van der Waals surface area contributed by atoms with Gasteiger partial charge in [-0.15, -0.1) is 0 Å². The van der Waals surface area contributed by atoms with Crippen LogP contribution in [0.25, 0.3) is 16.4 Å². The van der Waals surface area contributed by atoms with Gasteiger partial charge in [-0.05, 0) is 30.5 Å². The molecule has 6 nitrogen and oxygen atoms in total. The van der Waals surface area contributed by atoms with Crippen LogP contribution < -0.4 is 5.32 Å². The predicted molar refractivity (Wildman–Crippen MR) is 103 cm³/mol. The fourth-order valence-electron chi connectivity index (χ4n) is 2.55. The summed E-state index contributed by atoms with van der Waals surface area (Å²) in [6.45, 7) is 2.16. The van der Waals surface area contributed by atoms with Crippen molar-refractivity contribution in [2.75, 3.05) is 0 Å². The molecule has 4 aromatic rings. The molecule has 0 atom stereocenters. The number of carbonyl (C=O) groups is 1. The van der Waals surface area contributed by atoms with Crippen LogP contribution in [0.15, 0.2) is 53.7 Å². The highest BCUT2D eigenvalue weighted by Gasteiger charge is 2.17. The quantitative estimate of drug-likeness (QED) is 0.572. The van der Waals surface area contributed by atoms with Crippen molar-refractivity contribution in [3.63, 3.8) is 0 Å². The van der Waals surface area contributed by atoms with E-state index < -0.39 is 0 Å². The number of nitrogens with zero attached hydrogens (tertiary/aromatic N) is 4. The Morgan fingerprint density at radius 2 is 2.04 bits per heavy atom. The van der Waals surface area contributed by atoms with E-state index in [1.54, 1.807) is 23.7 Å². The summed E-state index contributed by atoms with van der Waals surface area (Å²) >= 11 is 2.97. The van der Waals surface area contributed by atoms with Crippen molar-refractivity contribution in [2.45, 2.75) is 13.5 Å². The smallest absolute Gasteiger partial charge is 0.263 e. The van der Waals surface area contributed by atoms with Gasteiger partial charge in [-0.1, -0.05) is 11.3 Å². The van der Waals surface area contributed by atoms with Crippen molar-refractivity contribution in [1.29, 1.82) is 0 Å². The summed E-state index contributed by atoms with van der Waals surface area (Å²) in [5.41, 5.74) is 3.26. The summed E-state index contributed by atoms with van der Waals surface area (Å²) in [6.07, 6.45) is 7.12. The Bertz CT molecular complexity index is 1020. The zero-order valence-electron chi connectivity index (χ0n) is 13.9. The number of carbonyl (C=O) groups excluding carboxylic acids is 1. The molecule has 0 aliphatic rings. The molecule has 0 saturated carbocycles. The first-order valence-corrected chi connectivity index (χ1v) is 9.70. The van der Waals surface area contributed by atoms with Gasteiger partial charge in [0, 0.05) is 35.7 Å². The molecule has 8 heteroatoms. The average Bonchev–Trinajstić information content (AvgIpc) is 3.40. The number of thiazole rings is 1. The van der Waals surface area contributed by atoms with Crippen LogP contribution in [0.1, 0.15) is 21.1 Å². The Morgan fingerprint density at radius 1 is 1.23 bits per heavy atom. The lowest BCUT2D eigenvalue weighted by Crippen LogP contribution is -2.23. The maximum absolute atomic E-state index is 12.6. The first kappa shape index (κ1) is 16.6. The standard InChI is InChI=1S/C18H15N5OS2/c1-12-16(26-18(22-12)23-7-2-3-8-23)17(24)21-10-14-15(20-6-5-19-14)13-4-9-25-11-13/h2-9,11H,10H2,1H3,(H,21,24). The maximum atomic E-state index is 12.6. The van der Waals surface area contributed by atoms with Crippen LogP contribution in [0.4, 0.5) is 0 Å². The van der Waals surface area contributed by atoms with E-state index in [1.807, 2.05) is 52.8 Å². The molecule has 0 spiro atoms. The monoisotopic (exact) mass is 381 g/mol. The molecule has 0 bridgehead atoms. The van der Waals surface area contributed by atoms with Gasteiger partial charge in [0.25, 0.3) is 5.91 Å². The van der Waals surface area contributed by atoms with Gasteiger partial charge in [0.05, 0.1) is 23.6 Å². The molecule has 4 heterocycles. The van der Waals surface area contributed by atoms with E-state index in [0.29, 0.717) is 17.1 Å². The van der Waals surface area contributed by atoms with Gasteiger partial charge >= 0.3 is 0 Å². The zero-order chi connectivity index (χ0) is 17.9. The first-order chi connectivity index (χ1) is 12.7. The van der Waals surface area contributed by atoms with E-state index in [9.17, 15) is 4.79 Å². The minimum absolute atomic E-state index is 0.152. The predicted octanol–water partition coefficient (Wildman–Crippen LogP) is 3.69. The molecular formula is C18H15N5OS2. The molecule has 0 aliphatic heterocycles. The third-order valence-corrected chi connectivity index (χ3v) is 5.65. The molecule has 0 fully saturated rings. The number of aryl methyl sites for hydroxylation is 1. The van der Waals surface area contributed by atoms with Gasteiger partial charge in [0.2, 0.25) is 0 Å². The molecule has 4 rings (SSSR count). The Morgan fingerprint density at radius 3 is 2.81 bits per heavy atom. The second-order valence-corrected chi connectivity index (χ2v) is 7.31. The van der Waals surface area contributed by atoms with E-state index in [-0.39, 0.29) is 5.91 Å². The Hall–Kier alpha value is -2.84. The van der Waals surface area contributed by atoms with Crippen molar-refractivity contribution < 1.29 is 4.79 Å². The Kier molecular flexibility index (Phi) is 4.59. The van der Waals surface area contributed by atoms with Crippen LogP contribution in [0.3, 0.4) is 0 Å². The number of amides is 1. The molecule has 26 heavy (non-hydrogen) atoms. The van der Waals surface area contributed by atoms with Gasteiger partial charge in [0.15, 0.2) is 5.13 Å². The largest absolute Gasteiger partial charge is 0.346 e. The van der Waals surface area contributed by atoms with Crippen LogP contribution in [-0.2, 0) is 6.54 Å². The van der Waals surface area contributed by atoms with Crippen molar-refractivity contribution in [1.82, 2.24) is 24.8 Å². The Balaban J connectivity index is 1.52. The second kappa shape index (κ2) is 7.19. The number of hydrogen-bond donors (Lipinski definition) is 1. The molecular weight excluding hydrogens is 366 g/mol. The third kappa shape index (κ3) is 3.29.